The highest BCUT2D eigenvalue weighted by Crippen LogP contribution is 2.60. The third kappa shape index (κ3) is 5.23. The van der Waals surface area contributed by atoms with Gasteiger partial charge in [0.05, 0.1) is 0 Å². The van der Waals surface area contributed by atoms with Crippen LogP contribution in [0.5, 0.6) is 0 Å². The van der Waals surface area contributed by atoms with Gasteiger partial charge in [-0.2, -0.15) is 0 Å². The van der Waals surface area contributed by atoms with Crippen molar-refractivity contribution in [3.05, 3.63) is 174 Å². The second kappa shape index (κ2) is 12.7. The minimum absolute atomic E-state index is 0.439. The number of hydrogen-bond acceptors (Lipinski definition) is 1. The molecule has 0 saturated carbocycles. The molecule has 252 valence electrons. The maximum atomic E-state index is 2.47. The van der Waals surface area contributed by atoms with Gasteiger partial charge in [0.15, 0.2) is 0 Å². The molecule has 0 amide bonds. The van der Waals surface area contributed by atoms with Crippen LogP contribution in [0.4, 0.5) is 17.1 Å². The Bertz CT molecular complexity index is 2630. The van der Waals surface area contributed by atoms with Gasteiger partial charge in [-0.15, -0.1) is 0 Å². The fourth-order valence-electron chi connectivity index (χ4n) is 8.24. The summed E-state index contributed by atoms with van der Waals surface area (Å²) in [6.07, 6.45) is 0. The predicted octanol–water partition coefficient (Wildman–Crippen LogP) is 15.0. The summed E-state index contributed by atoms with van der Waals surface area (Å²) in [4.78, 5) is 2.47. The molecule has 8 aromatic rings. The number of nitrogens with zero attached hydrogens (tertiary/aromatic N) is 1. The van der Waals surface area contributed by atoms with Gasteiger partial charge in [0.2, 0.25) is 0 Å². The average Bonchev–Trinajstić information content (AvgIpc) is 3.17. The molecule has 1 heteroatoms. The minimum Gasteiger partial charge on any atom is -0.310 e. The molecule has 0 radical (unpaired) electrons. The Labute approximate surface area is 307 Å². The molecule has 8 aromatic carbocycles. The summed E-state index contributed by atoms with van der Waals surface area (Å²) in [6, 6.07) is 58.8. The molecule has 1 aliphatic rings. The van der Waals surface area contributed by atoms with Crippen molar-refractivity contribution in [3.63, 3.8) is 0 Å². The van der Waals surface area contributed by atoms with E-state index >= 15 is 0 Å². The molecule has 0 spiro atoms. The normalized spacial score (nSPS) is 11.9. The van der Waals surface area contributed by atoms with Crippen molar-refractivity contribution in [1.82, 2.24) is 0 Å². The predicted molar refractivity (Wildman–Crippen MR) is 224 cm³/mol. The second-order valence-electron chi connectivity index (χ2n) is 15.0. The minimum atomic E-state index is 0.439. The lowest BCUT2D eigenvalue weighted by atomic mass is 9.70. The van der Waals surface area contributed by atoms with Crippen LogP contribution < -0.4 is 4.90 Å². The number of benzene rings is 8. The van der Waals surface area contributed by atoms with Crippen molar-refractivity contribution >= 4 is 38.6 Å². The van der Waals surface area contributed by atoms with E-state index in [-0.39, 0.29) is 0 Å². The maximum Gasteiger partial charge on any atom is 0.0493 e. The van der Waals surface area contributed by atoms with Gasteiger partial charge in [-0.05, 0) is 144 Å². The Morgan fingerprint density at radius 2 is 0.942 bits per heavy atom. The van der Waals surface area contributed by atoms with Crippen LogP contribution in [0.2, 0.25) is 0 Å². The first kappa shape index (κ1) is 32.0. The topological polar surface area (TPSA) is 3.24 Å². The molecule has 0 heterocycles. The quantitative estimate of drug-likeness (QED) is 0.163. The van der Waals surface area contributed by atoms with Crippen LogP contribution in [-0.2, 0) is 0 Å². The van der Waals surface area contributed by atoms with E-state index in [2.05, 4.69) is 197 Å². The van der Waals surface area contributed by atoms with Gasteiger partial charge in [-0.25, -0.2) is 0 Å². The summed E-state index contributed by atoms with van der Waals surface area (Å²) < 4.78 is 0. The summed E-state index contributed by atoms with van der Waals surface area (Å²) in [5.41, 5.74) is 18.1. The fourth-order valence-corrected chi connectivity index (χ4v) is 8.24. The van der Waals surface area contributed by atoms with E-state index in [1.807, 2.05) is 0 Å². The molecule has 0 N–H and O–H groups in total. The molecule has 1 nitrogen and oxygen atoms in total. The van der Waals surface area contributed by atoms with E-state index in [0.717, 1.165) is 0 Å². The van der Waals surface area contributed by atoms with Crippen molar-refractivity contribution in [1.29, 1.82) is 0 Å². The van der Waals surface area contributed by atoms with Gasteiger partial charge < -0.3 is 4.90 Å². The highest BCUT2D eigenvalue weighted by Gasteiger charge is 2.32. The van der Waals surface area contributed by atoms with Crippen molar-refractivity contribution in [2.24, 2.45) is 0 Å². The molecular formula is C51H43N. The van der Waals surface area contributed by atoms with Crippen molar-refractivity contribution < 1.29 is 0 Å². The van der Waals surface area contributed by atoms with Crippen molar-refractivity contribution in [3.8, 4) is 44.5 Å². The van der Waals surface area contributed by atoms with E-state index in [1.54, 1.807) is 0 Å². The van der Waals surface area contributed by atoms with Crippen LogP contribution in [-0.4, -0.2) is 0 Å². The van der Waals surface area contributed by atoms with Gasteiger partial charge in [-0.3, -0.25) is 0 Å². The number of aryl methyl sites for hydroxylation is 1. The first-order valence-corrected chi connectivity index (χ1v) is 18.7. The lowest BCUT2D eigenvalue weighted by Crippen LogP contribution is -2.12. The Hall–Kier alpha value is -5.92. The van der Waals surface area contributed by atoms with Crippen molar-refractivity contribution in [2.75, 3.05) is 4.90 Å². The summed E-state index contributed by atoms with van der Waals surface area (Å²) in [7, 11) is 0. The zero-order chi connectivity index (χ0) is 35.5. The summed E-state index contributed by atoms with van der Waals surface area (Å²) >= 11 is 0. The van der Waals surface area contributed by atoms with Gasteiger partial charge in [-0.1, -0.05) is 143 Å². The zero-order valence-corrected chi connectivity index (χ0v) is 30.6. The standard InChI is InChI=1S/C51H43N/c1-32(2)37-19-14-20-41(27-37)52(47-31-38(33(3)4)24-23-34(47)5)42-26-25-39-29-45-46(30-40(39)28-42)51-49(36-17-10-7-11-18-36)44-22-13-12-21-43(44)48(50(45)51)35-15-8-6-9-16-35/h6-33H,1-5H3. The van der Waals surface area contributed by atoms with Crippen LogP contribution in [0.1, 0.15) is 56.2 Å². The summed E-state index contributed by atoms with van der Waals surface area (Å²) in [5.74, 6) is 0.880. The highest BCUT2D eigenvalue weighted by molar-refractivity contribution is 6.26. The second-order valence-corrected chi connectivity index (χ2v) is 15.0. The SMILES string of the molecule is Cc1ccc(C(C)C)cc1N(c1cccc(C(C)C)c1)c1ccc2cc3c(cc2c1)-c1c-3c(-c2ccccc2)c2ccccc2c1-c1ccccc1. The Morgan fingerprint density at radius 1 is 0.404 bits per heavy atom. The molecule has 0 bridgehead atoms. The molecular weight excluding hydrogens is 627 g/mol. The number of anilines is 3. The van der Waals surface area contributed by atoms with Crippen molar-refractivity contribution in [2.45, 2.75) is 46.5 Å². The first-order valence-electron chi connectivity index (χ1n) is 18.7. The zero-order valence-electron chi connectivity index (χ0n) is 30.6. The molecule has 52 heavy (non-hydrogen) atoms. The van der Waals surface area contributed by atoms with E-state index in [1.165, 1.54) is 99.8 Å². The van der Waals surface area contributed by atoms with Gasteiger partial charge in [0.1, 0.15) is 0 Å². The lowest BCUT2D eigenvalue weighted by Gasteiger charge is -2.33. The Kier molecular flexibility index (Phi) is 7.81. The smallest absolute Gasteiger partial charge is 0.0493 e. The molecule has 0 unspecified atom stereocenters. The molecule has 0 saturated heterocycles. The fraction of sp³-hybridized carbons (Fsp3) is 0.137. The Balaban J connectivity index is 1.29. The highest BCUT2D eigenvalue weighted by atomic mass is 15.1. The largest absolute Gasteiger partial charge is 0.310 e. The number of fused-ring (bicyclic) bond motifs is 6. The molecule has 0 atom stereocenters. The summed E-state index contributed by atoms with van der Waals surface area (Å²) in [5, 5.41) is 5.09. The Morgan fingerprint density at radius 3 is 1.54 bits per heavy atom. The third-order valence-electron chi connectivity index (χ3n) is 11.0. The molecule has 0 aromatic heterocycles. The van der Waals surface area contributed by atoms with Crippen LogP contribution in [0.25, 0.3) is 66.1 Å². The van der Waals surface area contributed by atoms with Crippen LogP contribution in [0.3, 0.4) is 0 Å². The maximum absolute atomic E-state index is 2.47. The van der Waals surface area contributed by atoms with Crippen LogP contribution >= 0.6 is 0 Å². The molecule has 9 rings (SSSR count). The number of hydrogen-bond donors (Lipinski definition) is 0. The first-order chi connectivity index (χ1) is 25.4. The summed E-state index contributed by atoms with van der Waals surface area (Å²) in [6.45, 7) is 11.3. The van der Waals surface area contributed by atoms with E-state index in [0.29, 0.717) is 11.8 Å². The average molecular weight is 670 g/mol. The lowest BCUT2D eigenvalue weighted by molar-refractivity contribution is 0.864. The monoisotopic (exact) mass is 669 g/mol. The van der Waals surface area contributed by atoms with E-state index in [9.17, 15) is 0 Å². The number of rotatable bonds is 7. The third-order valence-corrected chi connectivity index (χ3v) is 11.0. The van der Waals surface area contributed by atoms with E-state index < -0.39 is 0 Å². The molecule has 0 aliphatic heterocycles. The van der Waals surface area contributed by atoms with Gasteiger partial charge >= 0.3 is 0 Å². The van der Waals surface area contributed by atoms with E-state index in [4.69, 9.17) is 0 Å². The molecule has 0 fully saturated rings. The van der Waals surface area contributed by atoms with Crippen LogP contribution in [0, 0.1) is 6.92 Å². The van der Waals surface area contributed by atoms with Gasteiger partial charge in [0.25, 0.3) is 0 Å². The van der Waals surface area contributed by atoms with Gasteiger partial charge in [0, 0.05) is 17.1 Å². The van der Waals surface area contributed by atoms with Crippen LogP contribution in [0.15, 0.2) is 158 Å². The molecule has 1 aliphatic carbocycles.